The Kier molecular flexibility index (Phi) is 2.73. The molecule has 0 spiro atoms. The third kappa shape index (κ3) is 1.76. The molecule has 2 heterocycles. The van der Waals surface area contributed by atoms with Gasteiger partial charge in [-0.25, -0.2) is 0 Å². The second kappa shape index (κ2) is 3.89. The molecule has 15 heavy (non-hydrogen) atoms. The molecule has 0 unspecified atom stereocenters. The number of aromatic hydroxyl groups is 1. The number of nitrogens with zero attached hydrogens (tertiary/aromatic N) is 2. The lowest BCUT2D eigenvalue weighted by molar-refractivity contribution is 0.415. The fraction of sp³-hybridized carbons (Fsp3) is 0.600. The highest BCUT2D eigenvalue weighted by molar-refractivity contribution is 7.99. The lowest BCUT2D eigenvalue weighted by atomic mass is 10.1. The predicted octanol–water partition coefficient (Wildman–Crippen LogP) is 1.57. The summed E-state index contributed by atoms with van der Waals surface area (Å²) < 4.78 is 1.67. The van der Waals surface area contributed by atoms with E-state index >= 15 is 0 Å². The van der Waals surface area contributed by atoms with Crippen LogP contribution in [0.5, 0.6) is 5.88 Å². The zero-order valence-corrected chi connectivity index (χ0v) is 9.67. The zero-order valence-electron chi connectivity index (χ0n) is 8.86. The Balaban J connectivity index is 2.65. The molecule has 1 N–H and O–H groups in total. The minimum atomic E-state index is -0.101. The van der Waals surface area contributed by atoms with E-state index in [1.54, 1.807) is 4.57 Å². The first-order valence-corrected chi connectivity index (χ1v) is 6.06. The van der Waals surface area contributed by atoms with Gasteiger partial charge in [0.1, 0.15) is 0 Å². The van der Waals surface area contributed by atoms with Crippen molar-refractivity contribution in [2.75, 3.05) is 5.75 Å². The van der Waals surface area contributed by atoms with Crippen LogP contribution in [-0.4, -0.2) is 20.4 Å². The summed E-state index contributed by atoms with van der Waals surface area (Å²) in [7, 11) is 0. The van der Waals surface area contributed by atoms with Crippen molar-refractivity contribution in [3.05, 3.63) is 15.9 Å². The van der Waals surface area contributed by atoms with Crippen LogP contribution in [0.25, 0.3) is 0 Å². The summed E-state index contributed by atoms with van der Waals surface area (Å²) in [6.07, 6.45) is 0.988. The molecule has 5 heteroatoms. The number of thioether (sulfide) groups is 1. The fourth-order valence-corrected chi connectivity index (χ4v) is 2.67. The summed E-state index contributed by atoms with van der Waals surface area (Å²) in [5.74, 6) is 0.873. The van der Waals surface area contributed by atoms with E-state index in [9.17, 15) is 9.90 Å². The molecule has 4 nitrogen and oxygen atoms in total. The van der Waals surface area contributed by atoms with Crippen LogP contribution in [-0.2, 0) is 6.54 Å². The van der Waals surface area contributed by atoms with Crippen LogP contribution in [0.1, 0.15) is 31.7 Å². The molecule has 1 aromatic heterocycles. The average molecular weight is 226 g/mol. The topological polar surface area (TPSA) is 55.1 Å². The third-order valence-electron chi connectivity index (χ3n) is 2.48. The van der Waals surface area contributed by atoms with E-state index in [2.05, 4.69) is 4.98 Å². The fourth-order valence-electron chi connectivity index (χ4n) is 1.74. The number of aromatic nitrogens is 2. The normalized spacial score (nSPS) is 15.4. The van der Waals surface area contributed by atoms with Gasteiger partial charge in [0.15, 0.2) is 5.16 Å². The standard InChI is InChI=1S/C10H14N2O2S/c1-6(2)7-8(13)11-10-12(9(7)14)4-3-5-15-10/h6,13H,3-5H2,1-2H3. The van der Waals surface area contributed by atoms with Gasteiger partial charge in [-0.05, 0) is 12.3 Å². The Labute approximate surface area is 92.3 Å². The Morgan fingerprint density at radius 3 is 2.93 bits per heavy atom. The van der Waals surface area contributed by atoms with Crippen molar-refractivity contribution in [1.29, 1.82) is 0 Å². The van der Waals surface area contributed by atoms with Crippen molar-refractivity contribution in [2.24, 2.45) is 0 Å². The van der Waals surface area contributed by atoms with Crippen molar-refractivity contribution >= 4 is 11.8 Å². The summed E-state index contributed by atoms with van der Waals surface area (Å²) in [4.78, 5) is 16.1. The predicted molar refractivity (Wildman–Crippen MR) is 59.6 cm³/mol. The SMILES string of the molecule is CC(C)c1c(O)nc2n(c1=O)CCCS2. The van der Waals surface area contributed by atoms with E-state index < -0.39 is 0 Å². The molecule has 1 aromatic rings. The van der Waals surface area contributed by atoms with Gasteiger partial charge in [-0.1, -0.05) is 25.6 Å². The van der Waals surface area contributed by atoms with Crippen molar-refractivity contribution in [2.45, 2.75) is 37.9 Å². The Hall–Kier alpha value is -0.970. The molecule has 0 bridgehead atoms. The first kappa shape index (κ1) is 10.5. The maximum absolute atomic E-state index is 12.0. The van der Waals surface area contributed by atoms with Gasteiger partial charge < -0.3 is 5.11 Å². The maximum Gasteiger partial charge on any atom is 0.261 e. The summed E-state index contributed by atoms with van der Waals surface area (Å²) in [6.45, 7) is 4.50. The van der Waals surface area contributed by atoms with Crippen molar-refractivity contribution in [3.8, 4) is 5.88 Å². The first-order valence-electron chi connectivity index (χ1n) is 5.07. The minimum absolute atomic E-state index is 0.00901. The number of rotatable bonds is 1. The van der Waals surface area contributed by atoms with E-state index in [1.165, 1.54) is 11.8 Å². The molecule has 1 aliphatic rings. The third-order valence-corrected chi connectivity index (χ3v) is 3.55. The summed E-state index contributed by atoms with van der Waals surface area (Å²) in [5.41, 5.74) is 0.348. The summed E-state index contributed by atoms with van der Waals surface area (Å²) in [6, 6.07) is 0. The molecule has 1 aliphatic heterocycles. The van der Waals surface area contributed by atoms with Crippen LogP contribution in [0.15, 0.2) is 9.95 Å². The van der Waals surface area contributed by atoms with E-state index in [1.807, 2.05) is 13.8 Å². The molecule has 0 aliphatic carbocycles. The molecule has 0 atom stereocenters. The van der Waals surface area contributed by atoms with Gasteiger partial charge in [0.05, 0.1) is 5.56 Å². The molecular weight excluding hydrogens is 212 g/mol. The van der Waals surface area contributed by atoms with Gasteiger partial charge in [0.25, 0.3) is 5.56 Å². The molecule has 0 saturated heterocycles. The summed E-state index contributed by atoms with van der Waals surface area (Å²) >= 11 is 1.53. The van der Waals surface area contributed by atoms with Crippen LogP contribution in [0.3, 0.4) is 0 Å². The minimum Gasteiger partial charge on any atom is -0.493 e. The molecule has 0 fully saturated rings. The summed E-state index contributed by atoms with van der Waals surface area (Å²) in [5, 5.41) is 10.3. The highest BCUT2D eigenvalue weighted by Gasteiger charge is 2.20. The Morgan fingerprint density at radius 2 is 2.27 bits per heavy atom. The van der Waals surface area contributed by atoms with Crippen molar-refractivity contribution < 1.29 is 5.11 Å². The smallest absolute Gasteiger partial charge is 0.261 e. The maximum atomic E-state index is 12.0. The van der Waals surface area contributed by atoms with Crippen LogP contribution in [0, 0.1) is 0 Å². The van der Waals surface area contributed by atoms with Gasteiger partial charge in [-0.2, -0.15) is 4.98 Å². The monoisotopic (exact) mass is 226 g/mol. The van der Waals surface area contributed by atoms with Crippen LogP contribution < -0.4 is 5.56 Å². The largest absolute Gasteiger partial charge is 0.493 e. The van der Waals surface area contributed by atoms with E-state index in [-0.39, 0.29) is 17.4 Å². The Morgan fingerprint density at radius 1 is 1.53 bits per heavy atom. The van der Waals surface area contributed by atoms with Gasteiger partial charge in [-0.3, -0.25) is 9.36 Å². The average Bonchev–Trinajstić information content (AvgIpc) is 2.17. The number of hydrogen-bond acceptors (Lipinski definition) is 4. The van der Waals surface area contributed by atoms with Gasteiger partial charge in [0, 0.05) is 12.3 Å². The van der Waals surface area contributed by atoms with Crippen LogP contribution >= 0.6 is 11.8 Å². The molecule has 82 valence electrons. The molecule has 0 radical (unpaired) electrons. The molecule has 0 amide bonds. The second-order valence-corrected chi connectivity index (χ2v) is 5.01. The second-order valence-electron chi connectivity index (χ2n) is 3.95. The van der Waals surface area contributed by atoms with Crippen molar-refractivity contribution in [3.63, 3.8) is 0 Å². The van der Waals surface area contributed by atoms with E-state index in [0.717, 1.165) is 12.2 Å². The zero-order chi connectivity index (χ0) is 11.0. The lowest BCUT2D eigenvalue weighted by Crippen LogP contribution is -2.29. The Bertz CT molecular complexity index is 440. The quantitative estimate of drug-likeness (QED) is 0.738. The van der Waals surface area contributed by atoms with Gasteiger partial charge in [-0.15, -0.1) is 0 Å². The molecule has 0 aromatic carbocycles. The van der Waals surface area contributed by atoms with Crippen molar-refractivity contribution in [1.82, 2.24) is 9.55 Å². The lowest BCUT2D eigenvalue weighted by Gasteiger charge is -2.18. The first-order chi connectivity index (χ1) is 7.11. The van der Waals surface area contributed by atoms with Crippen LogP contribution in [0.2, 0.25) is 0 Å². The molecule has 2 rings (SSSR count). The van der Waals surface area contributed by atoms with E-state index in [0.29, 0.717) is 17.3 Å². The number of fused-ring (bicyclic) bond motifs is 1. The molecular formula is C10H14N2O2S. The van der Waals surface area contributed by atoms with Gasteiger partial charge >= 0.3 is 0 Å². The molecule has 0 saturated carbocycles. The number of hydrogen-bond donors (Lipinski definition) is 1. The highest BCUT2D eigenvalue weighted by Crippen LogP contribution is 2.26. The van der Waals surface area contributed by atoms with Crippen LogP contribution in [0.4, 0.5) is 0 Å². The van der Waals surface area contributed by atoms with Gasteiger partial charge in [0.2, 0.25) is 5.88 Å². The van der Waals surface area contributed by atoms with E-state index in [4.69, 9.17) is 0 Å². The highest BCUT2D eigenvalue weighted by atomic mass is 32.2.